The normalized spacial score (nSPS) is 15.0. The van der Waals surface area contributed by atoms with E-state index in [0.717, 1.165) is 53.9 Å². The molecule has 3 heterocycles. The van der Waals surface area contributed by atoms with Gasteiger partial charge in [0.1, 0.15) is 5.75 Å². The van der Waals surface area contributed by atoms with Crippen LogP contribution < -0.4 is 10.9 Å². The van der Waals surface area contributed by atoms with E-state index in [-0.39, 0.29) is 60.8 Å². The highest BCUT2D eigenvalue weighted by Gasteiger charge is 2.42. The summed E-state index contributed by atoms with van der Waals surface area (Å²) >= 11 is 1.41. The fraction of sp³-hybridized carbons (Fsp3) is 0.264. The topological polar surface area (TPSA) is 152 Å². The third-order valence-electron chi connectivity index (χ3n) is 12.4. The van der Waals surface area contributed by atoms with Crippen molar-refractivity contribution >= 4 is 34.0 Å². The molecule has 0 bridgehead atoms. The maximum atomic E-state index is 14.3. The van der Waals surface area contributed by atoms with Crippen LogP contribution in [0.5, 0.6) is 5.75 Å². The van der Waals surface area contributed by atoms with Gasteiger partial charge in [-0.05, 0) is 102 Å². The average Bonchev–Trinajstić information content (AvgIpc) is 3.82. The van der Waals surface area contributed by atoms with Gasteiger partial charge in [0.25, 0.3) is 0 Å². The summed E-state index contributed by atoms with van der Waals surface area (Å²) in [7, 11) is 0. The summed E-state index contributed by atoms with van der Waals surface area (Å²) in [6.45, 7) is 2.43. The molecule has 2 aromatic heterocycles. The Morgan fingerprint density at radius 2 is 1.58 bits per heavy atom. The van der Waals surface area contributed by atoms with Crippen molar-refractivity contribution in [3.05, 3.63) is 194 Å². The maximum absolute atomic E-state index is 14.3. The molecule has 0 unspecified atom stereocenters. The molecule has 5 N–H and O–H groups in total. The number of phenols is 1. The van der Waals surface area contributed by atoms with E-state index in [0.29, 0.717) is 22.1 Å². The number of thiophene rings is 1. The molecule has 7 aromatic rings. The maximum Gasteiger partial charge on any atom is 0.416 e. The lowest BCUT2D eigenvalue weighted by Crippen LogP contribution is -2.40. The number of fused-ring (bicyclic) bond motifs is 1. The smallest absolute Gasteiger partial charge is 0.416 e. The molecule has 1 saturated heterocycles. The third kappa shape index (κ3) is 11.1. The number of aliphatic hydroxyl groups is 2. The van der Waals surface area contributed by atoms with Gasteiger partial charge in [-0.1, -0.05) is 97.1 Å². The van der Waals surface area contributed by atoms with Crippen LogP contribution in [0.15, 0.2) is 144 Å². The molecule has 8 rings (SSSR count). The number of benzene rings is 5. The van der Waals surface area contributed by atoms with Crippen LogP contribution in [0.2, 0.25) is 0 Å². The summed E-state index contributed by atoms with van der Waals surface area (Å²) in [5, 5.41) is 36.6. The molecule has 10 nitrogen and oxygen atoms in total. The zero-order chi connectivity index (χ0) is 47.1. The van der Waals surface area contributed by atoms with Gasteiger partial charge in [0.05, 0.1) is 23.8 Å². The molecule has 0 amide bonds. The van der Waals surface area contributed by atoms with Gasteiger partial charge in [0.2, 0.25) is 11.2 Å². The minimum absolute atomic E-state index is 0.0431. The molecular weight excluding hydrogens is 880 g/mol. The van der Waals surface area contributed by atoms with E-state index in [4.69, 9.17) is 4.74 Å². The lowest BCUT2D eigenvalue weighted by molar-refractivity contribution is -0.164. The van der Waals surface area contributed by atoms with Gasteiger partial charge in [-0.3, -0.25) is 14.5 Å². The Morgan fingerprint density at radius 3 is 2.33 bits per heavy atom. The quantitative estimate of drug-likeness (QED) is 0.0445. The Kier molecular flexibility index (Phi) is 14.5. The largest absolute Gasteiger partial charge is 0.506 e. The number of phenolic OH excluding ortho intramolecular Hbond substituents is 1. The van der Waals surface area contributed by atoms with Crippen molar-refractivity contribution in [3.8, 4) is 16.2 Å². The van der Waals surface area contributed by atoms with Gasteiger partial charge in [0, 0.05) is 58.4 Å². The first-order valence-electron chi connectivity index (χ1n) is 22.1. The number of Topliss-reactive ketones (excluding diaryl/α,β-unsaturated/α-hetero) is 1. The Bertz CT molecular complexity index is 2900. The highest BCUT2D eigenvalue weighted by Crippen LogP contribution is 2.37. The molecular formula is C53H50F3N3O7S. The van der Waals surface area contributed by atoms with Crippen LogP contribution in [0.1, 0.15) is 74.0 Å². The van der Waals surface area contributed by atoms with Crippen LogP contribution in [0.4, 0.5) is 13.2 Å². The number of nitrogens with one attached hydrogen (secondary N) is 2. The average molecular weight is 930 g/mol. The molecule has 2 atom stereocenters. The van der Waals surface area contributed by atoms with E-state index in [1.165, 1.54) is 53.3 Å². The van der Waals surface area contributed by atoms with E-state index in [1.807, 2.05) is 36.4 Å². The molecule has 1 aliphatic heterocycles. The third-order valence-corrected chi connectivity index (χ3v) is 13.6. The number of hydrogen-bond donors (Lipinski definition) is 5. The van der Waals surface area contributed by atoms with Crippen LogP contribution >= 0.6 is 11.3 Å². The van der Waals surface area contributed by atoms with Crippen molar-refractivity contribution < 1.29 is 42.8 Å². The number of alkyl halides is 3. The lowest BCUT2D eigenvalue weighted by atomic mass is 9.85. The number of likely N-dealkylation sites (tertiary alicyclic amines) is 1. The van der Waals surface area contributed by atoms with Gasteiger partial charge in [0.15, 0.2) is 5.78 Å². The summed E-state index contributed by atoms with van der Waals surface area (Å²) in [6, 6.07) is 38.8. The molecule has 1 aliphatic rings. The number of aromatic hydroxyl groups is 1. The van der Waals surface area contributed by atoms with E-state index >= 15 is 0 Å². The van der Waals surface area contributed by atoms with Crippen LogP contribution in [0.3, 0.4) is 0 Å². The number of halogens is 3. The monoisotopic (exact) mass is 929 g/mol. The number of ether oxygens (including phenoxy) is 1. The van der Waals surface area contributed by atoms with Crippen molar-refractivity contribution in [1.29, 1.82) is 0 Å². The molecule has 0 saturated carbocycles. The molecule has 67 heavy (non-hydrogen) atoms. The lowest BCUT2D eigenvalue weighted by Gasteiger charge is -2.33. The highest BCUT2D eigenvalue weighted by atomic mass is 32.1. The summed E-state index contributed by atoms with van der Waals surface area (Å²) in [6.07, 6.45) is -3.97. The number of pyridine rings is 1. The van der Waals surface area contributed by atoms with Gasteiger partial charge in [-0.2, -0.15) is 13.2 Å². The number of aromatic amines is 1. The summed E-state index contributed by atoms with van der Waals surface area (Å²) in [4.78, 5) is 45.7. The Balaban J connectivity index is 0.893. The van der Waals surface area contributed by atoms with Gasteiger partial charge < -0.3 is 30.4 Å². The number of aryl methyl sites for hydroxylation is 1. The van der Waals surface area contributed by atoms with Crippen molar-refractivity contribution in [2.45, 2.75) is 56.7 Å². The van der Waals surface area contributed by atoms with E-state index in [9.17, 15) is 42.9 Å². The van der Waals surface area contributed by atoms with E-state index in [2.05, 4.69) is 27.3 Å². The molecule has 0 radical (unpaired) electrons. The predicted molar refractivity (Wildman–Crippen MR) is 252 cm³/mol. The first kappa shape index (κ1) is 47.1. The zero-order valence-electron chi connectivity index (χ0n) is 36.5. The number of rotatable bonds is 17. The minimum Gasteiger partial charge on any atom is -0.506 e. The Morgan fingerprint density at radius 1 is 0.851 bits per heavy atom. The molecule has 5 aromatic carbocycles. The fourth-order valence-electron chi connectivity index (χ4n) is 8.65. The number of carbonyl (C=O) groups is 2. The van der Waals surface area contributed by atoms with Crippen LogP contribution in [-0.4, -0.2) is 63.2 Å². The Labute approximate surface area is 389 Å². The van der Waals surface area contributed by atoms with Gasteiger partial charge >= 0.3 is 12.1 Å². The van der Waals surface area contributed by atoms with E-state index in [1.54, 1.807) is 48.5 Å². The number of ketones is 1. The van der Waals surface area contributed by atoms with Crippen LogP contribution in [-0.2, 0) is 40.8 Å². The fourth-order valence-corrected chi connectivity index (χ4v) is 9.65. The summed E-state index contributed by atoms with van der Waals surface area (Å²) in [5.74, 6) is -1.24. The molecule has 0 aliphatic carbocycles. The number of aromatic nitrogens is 1. The minimum atomic E-state index is -4.76. The standard InChI is InChI=1S/C53H50F3N3O7S/c54-53(55,56)44-29-36(14-15-38(44)30-57-31-47(62)42-18-21-46(61)50-43(42)19-23-49(63)58-50)45(60)20-16-41-17-22-48(67-41)37-10-7-13-40(28-37)52(65,39-11-5-2-6-12-39)51(64)66-33-35-24-26-59(27-25-35)32-34-8-3-1-4-9-34/h1-15,17-19,21-23,28-29,35,47,57,61-62,65H,16,20,24-27,30-33H2,(H,58,63)/t47-,52-/m0/s1. The van der Waals surface area contributed by atoms with Crippen LogP contribution in [0.25, 0.3) is 21.3 Å². The highest BCUT2D eigenvalue weighted by molar-refractivity contribution is 7.15. The number of H-pyrrole nitrogens is 1. The van der Waals surface area contributed by atoms with Crippen molar-refractivity contribution in [3.63, 3.8) is 0 Å². The molecule has 346 valence electrons. The van der Waals surface area contributed by atoms with E-state index < -0.39 is 40.8 Å². The number of esters is 1. The number of carbonyl (C=O) groups excluding carboxylic acids is 2. The summed E-state index contributed by atoms with van der Waals surface area (Å²) < 4.78 is 49.0. The SMILES string of the molecule is O=C(CCc1ccc(-c2cccc([C@](O)(C(=O)OCC3CCN(Cc4ccccc4)CC3)c3ccccc3)c2)s1)c1ccc(CNC[C@H](O)c2ccc(O)c3[nH]c(=O)ccc23)c(C(F)(F)F)c1. The number of nitrogens with zero attached hydrogens (tertiary/aromatic N) is 1. The molecule has 0 spiro atoms. The van der Waals surface area contributed by atoms with Gasteiger partial charge in [-0.25, -0.2) is 4.79 Å². The molecule has 14 heteroatoms. The van der Waals surface area contributed by atoms with Crippen molar-refractivity contribution in [2.24, 2.45) is 5.92 Å². The second kappa shape index (κ2) is 20.6. The predicted octanol–water partition coefficient (Wildman–Crippen LogP) is 9.31. The first-order valence-corrected chi connectivity index (χ1v) is 23.0. The number of aliphatic hydroxyl groups excluding tert-OH is 1. The van der Waals surface area contributed by atoms with Crippen LogP contribution in [0, 0.1) is 5.92 Å². The first-order chi connectivity index (χ1) is 32.3. The van der Waals surface area contributed by atoms with Crippen molar-refractivity contribution in [1.82, 2.24) is 15.2 Å². The second-order valence-corrected chi connectivity index (χ2v) is 18.1. The summed E-state index contributed by atoms with van der Waals surface area (Å²) in [5.41, 5.74) is -0.489. The number of piperidine rings is 1. The van der Waals surface area contributed by atoms with Crippen molar-refractivity contribution in [2.75, 3.05) is 26.2 Å². The van der Waals surface area contributed by atoms with Gasteiger partial charge in [-0.15, -0.1) is 11.3 Å². The molecule has 1 fully saturated rings. The Hall–Kier alpha value is -6.42. The number of hydrogen-bond acceptors (Lipinski definition) is 10. The zero-order valence-corrected chi connectivity index (χ0v) is 37.3. The second-order valence-electron chi connectivity index (χ2n) is 17.0.